The predicted molar refractivity (Wildman–Crippen MR) is 133 cm³/mol. The van der Waals surface area contributed by atoms with Crippen LogP contribution in [-0.2, 0) is 4.43 Å². The van der Waals surface area contributed by atoms with Crippen LogP contribution in [0.5, 0.6) is 0 Å². The summed E-state index contributed by atoms with van der Waals surface area (Å²) in [7, 11) is -2.68. The van der Waals surface area contributed by atoms with Gasteiger partial charge in [-0.15, -0.1) is 0 Å². The Balaban J connectivity index is 1.62. The van der Waals surface area contributed by atoms with Crippen molar-refractivity contribution in [3.05, 3.63) is 93.3 Å². The Kier molecular flexibility index (Phi) is 6.31. The molecule has 3 aromatic rings. The van der Waals surface area contributed by atoms with Gasteiger partial charge >= 0.3 is 5.69 Å². The first kappa shape index (κ1) is 23.4. The van der Waals surface area contributed by atoms with Gasteiger partial charge in [0.15, 0.2) is 0 Å². The van der Waals surface area contributed by atoms with Crippen molar-refractivity contribution in [2.75, 3.05) is 6.61 Å². The van der Waals surface area contributed by atoms with Crippen LogP contribution in [0.25, 0.3) is 0 Å². The molecule has 6 nitrogen and oxygen atoms in total. The normalized spacial score (nSPS) is 20.9. The SMILES string of the molecule is Cc1cn([C@@H]2C[C@H](CO[Si](c3ccccc3)(c3ccccc3)C(C)(C)C)[C@H]2O)c(=O)[nH]c1=O. The van der Waals surface area contributed by atoms with E-state index in [-0.39, 0.29) is 17.0 Å². The molecule has 2 N–H and O–H groups in total. The molecule has 1 heterocycles. The predicted octanol–water partition coefficient (Wildman–Crippen LogP) is 2.34. The van der Waals surface area contributed by atoms with Crippen LogP contribution in [0.3, 0.4) is 0 Å². The number of hydrogen-bond acceptors (Lipinski definition) is 4. The van der Waals surface area contributed by atoms with Gasteiger partial charge < -0.3 is 9.53 Å². The average Bonchev–Trinajstić information content (AvgIpc) is 2.79. The van der Waals surface area contributed by atoms with E-state index in [4.69, 9.17) is 4.43 Å². The maximum absolute atomic E-state index is 12.3. The minimum Gasteiger partial charge on any atom is -0.407 e. The fourth-order valence-electron chi connectivity index (χ4n) is 4.98. The topological polar surface area (TPSA) is 84.3 Å². The molecule has 1 aliphatic rings. The van der Waals surface area contributed by atoms with E-state index in [1.165, 1.54) is 21.1 Å². The standard InChI is InChI=1S/C26H32N2O4Si/c1-18-16-28(25(31)27-24(18)30)22-15-19(23(22)29)17-32-33(26(2,3)4,20-11-7-5-8-12-20)21-13-9-6-10-14-21/h5-14,16,19,22-23,29H,15,17H2,1-4H3,(H,27,30,31)/t19-,22-,23-/m1/s1. The Labute approximate surface area is 195 Å². The molecule has 0 bridgehead atoms. The number of nitrogens with one attached hydrogen (secondary N) is 1. The molecule has 1 aliphatic carbocycles. The van der Waals surface area contributed by atoms with Crippen molar-refractivity contribution in [1.82, 2.24) is 9.55 Å². The van der Waals surface area contributed by atoms with E-state index in [2.05, 4.69) is 50.0 Å². The maximum atomic E-state index is 12.3. The Morgan fingerprint density at radius 2 is 1.58 bits per heavy atom. The number of benzene rings is 2. The van der Waals surface area contributed by atoms with Crippen LogP contribution in [0.2, 0.25) is 5.04 Å². The van der Waals surface area contributed by atoms with Gasteiger partial charge in [-0.3, -0.25) is 14.3 Å². The molecule has 1 fully saturated rings. The fourth-order valence-corrected chi connectivity index (χ4v) is 9.60. The minimum atomic E-state index is -2.68. The molecule has 3 atom stereocenters. The van der Waals surface area contributed by atoms with E-state index in [0.717, 1.165) is 0 Å². The van der Waals surface area contributed by atoms with Crippen molar-refractivity contribution in [2.24, 2.45) is 5.92 Å². The molecule has 0 aliphatic heterocycles. The quantitative estimate of drug-likeness (QED) is 0.549. The first-order valence-corrected chi connectivity index (χ1v) is 13.3. The Bertz CT molecular complexity index is 1180. The number of hydrogen-bond donors (Lipinski definition) is 2. The van der Waals surface area contributed by atoms with E-state index in [1.54, 1.807) is 6.92 Å². The number of H-pyrrole nitrogens is 1. The first-order valence-electron chi connectivity index (χ1n) is 11.4. The van der Waals surface area contributed by atoms with Crippen LogP contribution < -0.4 is 21.6 Å². The van der Waals surface area contributed by atoms with Gasteiger partial charge in [-0.2, -0.15) is 0 Å². The number of aromatic nitrogens is 2. The van der Waals surface area contributed by atoms with E-state index in [0.29, 0.717) is 18.6 Å². The smallest absolute Gasteiger partial charge is 0.328 e. The third kappa shape index (κ3) is 4.16. The Morgan fingerprint density at radius 1 is 1.03 bits per heavy atom. The van der Waals surface area contributed by atoms with Gasteiger partial charge in [-0.05, 0) is 28.8 Å². The maximum Gasteiger partial charge on any atom is 0.328 e. The summed E-state index contributed by atoms with van der Waals surface area (Å²) in [5.74, 6) is -0.0872. The second kappa shape index (κ2) is 8.89. The fraction of sp³-hybridized carbons (Fsp3) is 0.385. The molecule has 7 heteroatoms. The molecule has 0 saturated heterocycles. The Hall–Kier alpha value is -2.74. The summed E-state index contributed by atoms with van der Waals surface area (Å²) in [6.45, 7) is 8.73. The zero-order valence-electron chi connectivity index (χ0n) is 19.6. The van der Waals surface area contributed by atoms with Crippen molar-refractivity contribution in [3.63, 3.8) is 0 Å². The van der Waals surface area contributed by atoms with E-state index in [9.17, 15) is 14.7 Å². The van der Waals surface area contributed by atoms with Crippen LogP contribution in [-0.4, -0.2) is 35.7 Å². The van der Waals surface area contributed by atoms with Crippen molar-refractivity contribution < 1.29 is 9.53 Å². The van der Waals surface area contributed by atoms with Gasteiger partial charge in [0.2, 0.25) is 0 Å². The molecule has 1 aromatic heterocycles. The highest BCUT2D eigenvalue weighted by Crippen LogP contribution is 2.41. The number of nitrogens with zero attached hydrogens (tertiary/aromatic N) is 1. The van der Waals surface area contributed by atoms with E-state index in [1.807, 2.05) is 36.4 Å². The minimum absolute atomic E-state index is 0.0872. The molecule has 0 radical (unpaired) electrons. The van der Waals surface area contributed by atoms with E-state index >= 15 is 0 Å². The molecule has 0 amide bonds. The lowest BCUT2D eigenvalue weighted by molar-refractivity contribution is -0.0551. The molecular formula is C26H32N2O4Si. The van der Waals surface area contributed by atoms with Crippen LogP contribution in [0.1, 0.15) is 38.8 Å². The zero-order chi connectivity index (χ0) is 23.8. The summed E-state index contributed by atoms with van der Waals surface area (Å²) in [5.41, 5.74) is -0.425. The van der Waals surface area contributed by atoms with Gasteiger partial charge in [-0.25, -0.2) is 4.79 Å². The van der Waals surface area contributed by atoms with Gasteiger partial charge in [0.05, 0.1) is 12.1 Å². The molecule has 1 saturated carbocycles. The second-order valence-electron chi connectivity index (χ2n) is 10.0. The first-order chi connectivity index (χ1) is 15.6. The van der Waals surface area contributed by atoms with E-state index < -0.39 is 25.7 Å². The molecule has 33 heavy (non-hydrogen) atoms. The lowest BCUT2D eigenvalue weighted by Gasteiger charge is -2.47. The average molecular weight is 465 g/mol. The third-order valence-electron chi connectivity index (χ3n) is 6.86. The summed E-state index contributed by atoms with van der Waals surface area (Å²) < 4.78 is 8.38. The largest absolute Gasteiger partial charge is 0.407 e. The molecule has 0 spiro atoms. The second-order valence-corrected chi connectivity index (χ2v) is 14.3. The van der Waals surface area contributed by atoms with Gasteiger partial charge in [-0.1, -0.05) is 81.4 Å². The number of rotatable bonds is 6. The molecule has 4 rings (SSSR count). The Morgan fingerprint density at radius 3 is 2.06 bits per heavy atom. The van der Waals surface area contributed by atoms with Crippen LogP contribution >= 0.6 is 0 Å². The highest BCUT2D eigenvalue weighted by atomic mass is 28.4. The van der Waals surface area contributed by atoms with Crippen molar-refractivity contribution >= 4 is 18.7 Å². The number of aryl methyl sites for hydroxylation is 1. The highest BCUT2D eigenvalue weighted by molar-refractivity contribution is 6.99. The van der Waals surface area contributed by atoms with Crippen molar-refractivity contribution in [3.8, 4) is 0 Å². The molecule has 174 valence electrons. The lowest BCUT2D eigenvalue weighted by Crippen LogP contribution is -2.67. The lowest BCUT2D eigenvalue weighted by atomic mass is 9.77. The summed E-state index contributed by atoms with van der Waals surface area (Å²) in [6.07, 6.45) is 1.44. The van der Waals surface area contributed by atoms with Gasteiger partial charge in [0.1, 0.15) is 0 Å². The number of aliphatic hydroxyl groups is 1. The van der Waals surface area contributed by atoms with Crippen LogP contribution in [0.4, 0.5) is 0 Å². The zero-order valence-corrected chi connectivity index (χ0v) is 20.6. The molecular weight excluding hydrogens is 432 g/mol. The summed E-state index contributed by atoms with van der Waals surface area (Å²) in [6, 6.07) is 20.5. The van der Waals surface area contributed by atoms with Crippen molar-refractivity contribution in [1.29, 1.82) is 0 Å². The summed E-state index contributed by atoms with van der Waals surface area (Å²) in [5, 5.41) is 13.2. The highest BCUT2D eigenvalue weighted by Gasteiger charge is 2.52. The number of aliphatic hydroxyl groups excluding tert-OH is 1. The summed E-state index contributed by atoms with van der Waals surface area (Å²) in [4.78, 5) is 26.3. The molecule has 2 aromatic carbocycles. The summed E-state index contributed by atoms with van der Waals surface area (Å²) >= 11 is 0. The van der Waals surface area contributed by atoms with Gasteiger partial charge in [0, 0.05) is 24.3 Å². The van der Waals surface area contributed by atoms with Crippen LogP contribution in [0, 0.1) is 12.8 Å². The van der Waals surface area contributed by atoms with Crippen LogP contribution in [0.15, 0.2) is 76.4 Å². The van der Waals surface area contributed by atoms with Gasteiger partial charge in [0.25, 0.3) is 13.9 Å². The molecule has 0 unspecified atom stereocenters. The number of aromatic amines is 1. The monoisotopic (exact) mass is 464 g/mol. The van der Waals surface area contributed by atoms with Crippen molar-refractivity contribution in [2.45, 2.75) is 51.3 Å². The third-order valence-corrected chi connectivity index (χ3v) is 11.9.